The largest absolute Gasteiger partial charge is 0.332 e. The molecular weight excluding hydrogens is 455 g/mol. The van der Waals surface area contributed by atoms with Crippen LogP contribution in [0.25, 0.3) is 0 Å². The maximum atomic E-state index is 6.14. The summed E-state index contributed by atoms with van der Waals surface area (Å²) in [5, 5.41) is 12.6. The average Bonchev–Trinajstić information content (AvgIpc) is 2.93. The van der Waals surface area contributed by atoms with Crippen LogP contribution in [-0.2, 0) is 6.54 Å². The molecule has 0 fully saturated rings. The molecule has 0 unspecified atom stereocenters. The molecule has 1 aromatic heterocycles. The number of hydrogen-bond acceptors (Lipinski definition) is 2. The van der Waals surface area contributed by atoms with E-state index in [4.69, 9.17) is 35.4 Å². The SMILES string of the molecule is Cc1c(Cl)cccc1NC(=S)Nc1nn(Cc2ccc(Cl)cc2)cc1Br. The maximum absolute atomic E-state index is 6.14. The number of nitrogens with one attached hydrogen (secondary N) is 2. The van der Waals surface area contributed by atoms with Crippen LogP contribution in [0.2, 0.25) is 10.0 Å². The molecule has 26 heavy (non-hydrogen) atoms. The van der Waals surface area contributed by atoms with Crippen LogP contribution < -0.4 is 10.6 Å². The third kappa shape index (κ3) is 4.76. The molecule has 0 aliphatic carbocycles. The monoisotopic (exact) mass is 468 g/mol. The third-order valence-electron chi connectivity index (χ3n) is 3.72. The molecule has 0 aliphatic heterocycles. The highest BCUT2D eigenvalue weighted by atomic mass is 79.9. The first-order chi connectivity index (χ1) is 12.4. The number of thiocarbonyl (C=S) groups is 1. The van der Waals surface area contributed by atoms with Gasteiger partial charge in [0.25, 0.3) is 0 Å². The summed E-state index contributed by atoms with van der Waals surface area (Å²) < 4.78 is 2.64. The molecule has 134 valence electrons. The molecule has 1 heterocycles. The fourth-order valence-electron chi connectivity index (χ4n) is 2.34. The van der Waals surface area contributed by atoms with E-state index in [2.05, 4.69) is 31.7 Å². The van der Waals surface area contributed by atoms with Crippen LogP contribution in [0.3, 0.4) is 0 Å². The predicted molar refractivity (Wildman–Crippen MR) is 117 cm³/mol. The van der Waals surface area contributed by atoms with Crippen LogP contribution >= 0.6 is 51.3 Å². The number of nitrogens with zero attached hydrogens (tertiary/aromatic N) is 2. The zero-order valence-electron chi connectivity index (χ0n) is 13.8. The summed E-state index contributed by atoms with van der Waals surface area (Å²) >= 11 is 20.9. The standard InChI is InChI=1S/C18H15BrCl2N4S/c1-11-15(21)3-2-4-16(11)22-18(26)23-17-14(19)10-25(24-17)9-12-5-7-13(20)8-6-12/h2-8,10H,9H2,1H3,(H2,22,23,24,26). The van der Waals surface area contributed by atoms with Gasteiger partial charge in [-0.1, -0.05) is 41.4 Å². The molecular formula is C18H15BrCl2N4S. The lowest BCUT2D eigenvalue weighted by molar-refractivity contribution is 0.689. The van der Waals surface area contributed by atoms with Crippen molar-refractivity contribution in [3.8, 4) is 0 Å². The highest BCUT2D eigenvalue weighted by Crippen LogP contribution is 2.24. The van der Waals surface area contributed by atoms with Crippen LogP contribution in [0.4, 0.5) is 11.5 Å². The minimum absolute atomic E-state index is 0.438. The molecule has 3 rings (SSSR count). The first-order valence-corrected chi connectivity index (χ1v) is 9.68. The lowest BCUT2D eigenvalue weighted by Gasteiger charge is -2.12. The summed E-state index contributed by atoms with van der Waals surface area (Å²) in [5.41, 5.74) is 2.89. The molecule has 2 N–H and O–H groups in total. The van der Waals surface area contributed by atoms with Crippen molar-refractivity contribution in [3.63, 3.8) is 0 Å². The fourth-order valence-corrected chi connectivity index (χ4v) is 3.27. The highest BCUT2D eigenvalue weighted by molar-refractivity contribution is 9.10. The van der Waals surface area contributed by atoms with Gasteiger partial charge in [-0.15, -0.1) is 0 Å². The van der Waals surface area contributed by atoms with E-state index in [0.717, 1.165) is 21.3 Å². The molecule has 0 spiro atoms. The molecule has 0 amide bonds. The maximum Gasteiger partial charge on any atom is 0.176 e. The molecule has 0 radical (unpaired) electrons. The van der Waals surface area contributed by atoms with Crippen molar-refractivity contribution in [1.82, 2.24) is 9.78 Å². The molecule has 0 atom stereocenters. The predicted octanol–water partition coefficient (Wildman–Crippen LogP) is 6.12. The van der Waals surface area contributed by atoms with Gasteiger partial charge in [-0.2, -0.15) is 5.10 Å². The Morgan fingerprint density at radius 1 is 1.15 bits per heavy atom. The van der Waals surface area contributed by atoms with E-state index in [9.17, 15) is 0 Å². The summed E-state index contributed by atoms with van der Waals surface area (Å²) in [5.74, 6) is 0.635. The zero-order valence-corrected chi connectivity index (χ0v) is 17.7. The lowest BCUT2D eigenvalue weighted by atomic mass is 10.2. The zero-order chi connectivity index (χ0) is 18.7. The number of halogens is 3. The van der Waals surface area contributed by atoms with Gasteiger partial charge in [-0.05, 0) is 70.5 Å². The van der Waals surface area contributed by atoms with Gasteiger partial charge in [-0.25, -0.2) is 0 Å². The summed E-state index contributed by atoms with van der Waals surface area (Å²) in [6.07, 6.45) is 1.89. The second-order valence-corrected chi connectivity index (χ2v) is 7.75. The molecule has 4 nitrogen and oxygen atoms in total. The van der Waals surface area contributed by atoms with Crippen molar-refractivity contribution >= 4 is 68.0 Å². The Morgan fingerprint density at radius 3 is 2.62 bits per heavy atom. The van der Waals surface area contributed by atoms with Gasteiger partial charge >= 0.3 is 0 Å². The van der Waals surface area contributed by atoms with Gasteiger partial charge in [0, 0.05) is 21.9 Å². The Kier molecular flexibility index (Phi) is 6.19. The highest BCUT2D eigenvalue weighted by Gasteiger charge is 2.10. The van der Waals surface area contributed by atoms with Crippen LogP contribution in [0, 0.1) is 6.92 Å². The van der Waals surface area contributed by atoms with Crippen molar-refractivity contribution in [2.75, 3.05) is 10.6 Å². The second kappa shape index (κ2) is 8.39. The minimum Gasteiger partial charge on any atom is -0.332 e. The number of anilines is 2. The van der Waals surface area contributed by atoms with Crippen LogP contribution in [0.1, 0.15) is 11.1 Å². The van der Waals surface area contributed by atoms with Crippen molar-refractivity contribution in [3.05, 3.63) is 74.3 Å². The number of hydrogen-bond donors (Lipinski definition) is 2. The number of rotatable bonds is 4. The molecule has 0 saturated carbocycles. The second-order valence-electron chi connectivity index (χ2n) is 5.64. The normalized spacial score (nSPS) is 10.6. The summed E-state index contributed by atoms with van der Waals surface area (Å²) in [6, 6.07) is 13.3. The van der Waals surface area contributed by atoms with Crippen LogP contribution in [0.15, 0.2) is 53.1 Å². The first kappa shape index (κ1) is 19.2. The van der Waals surface area contributed by atoms with Crippen molar-refractivity contribution in [2.45, 2.75) is 13.5 Å². The molecule has 2 aromatic carbocycles. The quantitative estimate of drug-likeness (QED) is 0.451. The molecule has 0 bridgehead atoms. The molecule has 0 aliphatic rings. The van der Waals surface area contributed by atoms with E-state index < -0.39 is 0 Å². The Morgan fingerprint density at radius 2 is 1.88 bits per heavy atom. The van der Waals surface area contributed by atoms with E-state index in [-0.39, 0.29) is 0 Å². The van der Waals surface area contributed by atoms with Crippen molar-refractivity contribution in [2.24, 2.45) is 0 Å². The average molecular weight is 470 g/mol. The van der Waals surface area contributed by atoms with Gasteiger partial charge in [-0.3, -0.25) is 4.68 Å². The fraction of sp³-hybridized carbons (Fsp3) is 0.111. The molecule has 3 aromatic rings. The van der Waals surface area contributed by atoms with Crippen molar-refractivity contribution in [1.29, 1.82) is 0 Å². The topological polar surface area (TPSA) is 41.9 Å². The van der Waals surface area contributed by atoms with Crippen LogP contribution in [-0.4, -0.2) is 14.9 Å². The Bertz CT molecular complexity index is 941. The van der Waals surface area contributed by atoms with E-state index in [1.165, 1.54) is 0 Å². The van der Waals surface area contributed by atoms with Gasteiger partial charge in [0.15, 0.2) is 10.9 Å². The third-order valence-corrected chi connectivity index (χ3v) is 5.17. The van der Waals surface area contributed by atoms with Gasteiger partial charge in [0.2, 0.25) is 0 Å². The molecule has 8 heteroatoms. The van der Waals surface area contributed by atoms with Crippen molar-refractivity contribution < 1.29 is 0 Å². The number of benzene rings is 2. The Labute approximate surface area is 175 Å². The smallest absolute Gasteiger partial charge is 0.176 e. The molecule has 0 saturated heterocycles. The van der Waals surface area contributed by atoms with Gasteiger partial charge < -0.3 is 10.6 Å². The van der Waals surface area contributed by atoms with E-state index >= 15 is 0 Å². The number of aromatic nitrogens is 2. The first-order valence-electron chi connectivity index (χ1n) is 7.73. The van der Waals surface area contributed by atoms with Gasteiger partial charge in [0.1, 0.15) is 0 Å². The Hall–Kier alpha value is -1.60. The Balaban J connectivity index is 1.68. The van der Waals surface area contributed by atoms with E-state index in [0.29, 0.717) is 27.5 Å². The summed E-state index contributed by atoms with van der Waals surface area (Å²) in [7, 11) is 0. The van der Waals surface area contributed by atoms with E-state index in [1.807, 2.05) is 60.3 Å². The van der Waals surface area contributed by atoms with Crippen LogP contribution in [0.5, 0.6) is 0 Å². The minimum atomic E-state index is 0.438. The lowest BCUT2D eigenvalue weighted by Crippen LogP contribution is -2.20. The van der Waals surface area contributed by atoms with Gasteiger partial charge in [0.05, 0.1) is 11.0 Å². The summed E-state index contributed by atoms with van der Waals surface area (Å²) in [4.78, 5) is 0. The van der Waals surface area contributed by atoms with E-state index in [1.54, 1.807) is 0 Å². The summed E-state index contributed by atoms with van der Waals surface area (Å²) in [6.45, 7) is 2.56.